The second kappa shape index (κ2) is 11.5. The van der Waals surface area contributed by atoms with E-state index in [1.807, 2.05) is 32.0 Å². The van der Waals surface area contributed by atoms with E-state index in [0.717, 1.165) is 38.9 Å². The van der Waals surface area contributed by atoms with Gasteiger partial charge in [-0.25, -0.2) is 24.4 Å². The van der Waals surface area contributed by atoms with Gasteiger partial charge in [0.25, 0.3) is 0 Å². The van der Waals surface area contributed by atoms with Crippen molar-refractivity contribution in [3.8, 4) is 0 Å². The number of hydrogen-bond acceptors (Lipinski definition) is 8. The predicted molar refractivity (Wildman–Crippen MR) is 155 cm³/mol. The lowest BCUT2D eigenvalue weighted by molar-refractivity contribution is 0.0810. The molecule has 0 saturated carbocycles. The molecular weight excluding hydrogens is 603 g/mol. The number of fused-ring (bicyclic) bond motifs is 1. The normalized spacial score (nSPS) is 18.4. The molecule has 0 unspecified atom stereocenters. The standard InChI is InChI=1S/C24H35IN8O3Si/c1-16-12-31(13-17(2)33(16)24(34)35)19-8-6-7-18(29-19)11-26-22-20-21(25)30-32(23(20)28-14-27-22)15-36-9-10-37(3,4)5/h6-8,14,16-17H,9-13,15H2,1-5H3,(H,34,35)(H,26,27,28)/t16-,17+. The van der Waals surface area contributed by atoms with E-state index >= 15 is 0 Å². The lowest BCUT2D eigenvalue weighted by Crippen LogP contribution is -2.58. The fourth-order valence-electron chi connectivity index (χ4n) is 4.52. The zero-order valence-corrected chi connectivity index (χ0v) is 25.1. The molecule has 2 atom stereocenters. The number of piperazine rings is 1. The molecule has 3 aromatic heterocycles. The Morgan fingerprint density at radius 3 is 2.62 bits per heavy atom. The minimum absolute atomic E-state index is 0.114. The van der Waals surface area contributed by atoms with Gasteiger partial charge in [-0.2, -0.15) is 5.10 Å². The number of anilines is 2. The Labute approximate surface area is 231 Å². The molecule has 1 saturated heterocycles. The first-order valence-corrected chi connectivity index (χ1v) is 17.2. The second-order valence-electron chi connectivity index (χ2n) is 10.7. The summed E-state index contributed by atoms with van der Waals surface area (Å²) in [5.74, 6) is 1.54. The highest BCUT2D eigenvalue weighted by Crippen LogP contribution is 2.26. The Hall–Kier alpha value is -2.52. The Morgan fingerprint density at radius 1 is 1.22 bits per heavy atom. The van der Waals surface area contributed by atoms with Crippen LogP contribution in [0, 0.1) is 3.70 Å². The van der Waals surface area contributed by atoms with Crippen molar-refractivity contribution in [3.63, 3.8) is 0 Å². The molecule has 37 heavy (non-hydrogen) atoms. The average molecular weight is 639 g/mol. The summed E-state index contributed by atoms with van der Waals surface area (Å²) in [7, 11) is -1.15. The summed E-state index contributed by atoms with van der Waals surface area (Å²) in [5, 5.41) is 18.4. The molecule has 200 valence electrons. The van der Waals surface area contributed by atoms with Gasteiger partial charge in [0, 0.05) is 27.8 Å². The van der Waals surface area contributed by atoms with Crippen LogP contribution in [0.4, 0.5) is 16.4 Å². The van der Waals surface area contributed by atoms with Crippen molar-refractivity contribution in [3.05, 3.63) is 33.9 Å². The number of pyridine rings is 1. The van der Waals surface area contributed by atoms with E-state index in [0.29, 0.717) is 32.2 Å². The van der Waals surface area contributed by atoms with E-state index in [2.05, 4.69) is 67.5 Å². The van der Waals surface area contributed by atoms with Gasteiger partial charge in [0.15, 0.2) is 5.65 Å². The van der Waals surface area contributed by atoms with Crippen molar-refractivity contribution < 1.29 is 14.6 Å². The predicted octanol–water partition coefficient (Wildman–Crippen LogP) is 4.33. The molecule has 0 aromatic carbocycles. The van der Waals surface area contributed by atoms with Gasteiger partial charge in [-0.3, -0.25) is 4.90 Å². The fourth-order valence-corrected chi connectivity index (χ4v) is 6.04. The number of carbonyl (C=O) groups is 1. The van der Waals surface area contributed by atoms with Crippen molar-refractivity contribution in [1.29, 1.82) is 0 Å². The zero-order valence-electron chi connectivity index (χ0n) is 22.0. The van der Waals surface area contributed by atoms with E-state index in [1.54, 1.807) is 4.68 Å². The van der Waals surface area contributed by atoms with Gasteiger partial charge in [-0.15, -0.1) is 0 Å². The summed E-state index contributed by atoms with van der Waals surface area (Å²) in [4.78, 5) is 29.0. The molecule has 3 aromatic rings. The van der Waals surface area contributed by atoms with Gasteiger partial charge in [0.1, 0.15) is 28.4 Å². The van der Waals surface area contributed by atoms with E-state index in [9.17, 15) is 9.90 Å². The molecular formula is C24H35IN8O3Si. The first-order chi connectivity index (χ1) is 17.5. The summed E-state index contributed by atoms with van der Waals surface area (Å²) < 4.78 is 8.49. The van der Waals surface area contributed by atoms with Crippen LogP contribution < -0.4 is 10.2 Å². The maximum atomic E-state index is 11.6. The molecule has 0 spiro atoms. The maximum absolute atomic E-state index is 11.6. The smallest absolute Gasteiger partial charge is 0.407 e. The number of carboxylic acid groups (broad SMARTS) is 1. The van der Waals surface area contributed by atoms with Gasteiger partial charge >= 0.3 is 6.09 Å². The lowest BCUT2D eigenvalue weighted by Gasteiger charge is -2.43. The lowest BCUT2D eigenvalue weighted by atomic mass is 10.1. The molecule has 0 radical (unpaired) electrons. The first kappa shape index (κ1) is 27.5. The summed E-state index contributed by atoms with van der Waals surface area (Å²) in [6, 6.07) is 6.79. The maximum Gasteiger partial charge on any atom is 0.407 e. The van der Waals surface area contributed by atoms with E-state index in [4.69, 9.17) is 9.72 Å². The van der Waals surface area contributed by atoms with Crippen LogP contribution in [0.2, 0.25) is 25.7 Å². The van der Waals surface area contributed by atoms with Crippen molar-refractivity contribution in [1.82, 2.24) is 29.6 Å². The van der Waals surface area contributed by atoms with Crippen LogP contribution in [0.25, 0.3) is 11.0 Å². The Morgan fingerprint density at radius 2 is 1.95 bits per heavy atom. The third kappa shape index (κ3) is 6.68. The molecule has 11 nitrogen and oxygen atoms in total. The quantitative estimate of drug-likeness (QED) is 0.201. The first-order valence-electron chi connectivity index (χ1n) is 12.4. The van der Waals surface area contributed by atoms with Crippen LogP contribution >= 0.6 is 22.6 Å². The van der Waals surface area contributed by atoms with Gasteiger partial charge in [0.2, 0.25) is 0 Å². The molecule has 2 N–H and O–H groups in total. The van der Waals surface area contributed by atoms with Crippen molar-refractivity contribution in [2.24, 2.45) is 0 Å². The highest BCUT2D eigenvalue weighted by atomic mass is 127. The number of amides is 1. The molecule has 1 aliphatic rings. The molecule has 4 rings (SSSR count). The minimum atomic E-state index is -1.15. The zero-order chi connectivity index (χ0) is 26.7. The van der Waals surface area contributed by atoms with Gasteiger partial charge in [-0.1, -0.05) is 25.7 Å². The minimum Gasteiger partial charge on any atom is -0.465 e. The van der Waals surface area contributed by atoms with Crippen molar-refractivity contribution in [2.45, 2.75) is 64.9 Å². The number of hydrogen-bond donors (Lipinski definition) is 2. The van der Waals surface area contributed by atoms with Crippen LogP contribution in [0.15, 0.2) is 24.5 Å². The monoisotopic (exact) mass is 638 g/mol. The van der Waals surface area contributed by atoms with Crippen molar-refractivity contribution >= 4 is 59.4 Å². The summed E-state index contributed by atoms with van der Waals surface area (Å²) >= 11 is 2.21. The molecule has 0 bridgehead atoms. The highest BCUT2D eigenvalue weighted by molar-refractivity contribution is 14.1. The number of nitrogens with one attached hydrogen (secondary N) is 1. The molecule has 1 fully saturated rings. The van der Waals surface area contributed by atoms with E-state index in [-0.39, 0.29) is 12.1 Å². The summed E-state index contributed by atoms with van der Waals surface area (Å²) in [6.45, 7) is 13.6. The third-order valence-electron chi connectivity index (χ3n) is 6.39. The Balaban J connectivity index is 1.44. The van der Waals surface area contributed by atoms with E-state index in [1.165, 1.54) is 11.2 Å². The van der Waals surface area contributed by atoms with Crippen LogP contribution in [-0.2, 0) is 18.0 Å². The second-order valence-corrected chi connectivity index (χ2v) is 17.3. The number of ether oxygens (including phenoxy) is 1. The molecule has 0 aliphatic carbocycles. The van der Waals surface area contributed by atoms with Gasteiger partial charge < -0.3 is 20.1 Å². The fraction of sp³-hybridized carbons (Fsp3) is 0.542. The van der Waals surface area contributed by atoms with Gasteiger partial charge in [0.05, 0.1) is 29.7 Å². The number of rotatable bonds is 9. The summed E-state index contributed by atoms with van der Waals surface area (Å²) in [6.07, 6.45) is 0.660. The van der Waals surface area contributed by atoms with Crippen LogP contribution in [-0.4, -0.2) is 80.7 Å². The molecule has 13 heteroatoms. The number of nitrogens with zero attached hydrogens (tertiary/aromatic N) is 7. The highest BCUT2D eigenvalue weighted by Gasteiger charge is 2.33. The van der Waals surface area contributed by atoms with Crippen LogP contribution in [0.3, 0.4) is 0 Å². The largest absolute Gasteiger partial charge is 0.465 e. The average Bonchev–Trinajstić information content (AvgIpc) is 3.15. The number of halogens is 1. The van der Waals surface area contributed by atoms with Gasteiger partial charge in [-0.05, 0) is 54.6 Å². The Bertz CT molecular complexity index is 1240. The molecule has 1 amide bonds. The Kier molecular flexibility index (Phi) is 8.53. The SMILES string of the molecule is C[C@@H]1CN(c2cccc(CNc3ncnc4c3c(I)nn4COCC[Si](C)(C)C)n2)C[C@H](C)N1C(=O)O. The summed E-state index contributed by atoms with van der Waals surface area (Å²) in [5.41, 5.74) is 1.60. The molecule has 4 heterocycles. The van der Waals surface area contributed by atoms with Crippen molar-refractivity contribution in [2.75, 3.05) is 29.9 Å². The molecule has 1 aliphatic heterocycles. The van der Waals surface area contributed by atoms with Crippen LogP contribution in [0.5, 0.6) is 0 Å². The van der Waals surface area contributed by atoms with Crippen LogP contribution in [0.1, 0.15) is 19.5 Å². The third-order valence-corrected chi connectivity index (χ3v) is 8.85. The number of aromatic nitrogens is 5. The van der Waals surface area contributed by atoms with E-state index < -0.39 is 14.2 Å². The topological polar surface area (TPSA) is 122 Å².